The summed E-state index contributed by atoms with van der Waals surface area (Å²) in [6.07, 6.45) is -2.01. The highest BCUT2D eigenvalue weighted by atomic mass is 19.4. The van der Waals surface area contributed by atoms with Crippen LogP contribution in [0.2, 0.25) is 0 Å². The van der Waals surface area contributed by atoms with Crippen LogP contribution in [-0.2, 0) is 16.1 Å². The third-order valence-electron chi connectivity index (χ3n) is 4.80. The van der Waals surface area contributed by atoms with E-state index >= 15 is 0 Å². The van der Waals surface area contributed by atoms with Crippen LogP contribution in [0.4, 0.5) is 13.2 Å². The van der Waals surface area contributed by atoms with Gasteiger partial charge in [0.15, 0.2) is 0 Å². The normalized spacial score (nSPS) is 20.7. The zero-order valence-electron chi connectivity index (χ0n) is 15.3. The van der Waals surface area contributed by atoms with Gasteiger partial charge in [-0.05, 0) is 20.8 Å². The molecule has 0 aromatic carbocycles. The lowest BCUT2D eigenvalue weighted by Gasteiger charge is -2.30. The van der Waals surface area contributed by atoms with Crippen LogP contribution >= 0.6 is 0 Å². The Morgan fingerprint density at radius 1 is 1.31 bits per heavy atom. The molecule has 1 aromatic heterocycles. The summed E-state index contributed by atoms with van der Waals surface area (Å²) in [4.78, 5) is 32.4. The molecule has 0 radical (unpaired) electrons. The molecule has 6 nitrogen and oxygen atoms in total. The first-order valence-corrected chi connectivity index (χ1v) is 8.89. The van der Waals surface area contributed by atoms with Gasteiger partial charge in [0.1, 0.15) is 11.9 Å². The summed E-state index contributed by atoms with van der Waals surface area (Å²) < 4.78 is 39.5. The Bertz CT molecular complexity index is 644. The van der Waals surface area contributed by atoms with E-state index < -0.39 is 37.0 Å². The van der Waals surface area contributed by atoms with Crippen molar-refractivity contribution in [3.8, 4) is 0 Å². The molecule has 26 heavy (non-hydrogen) atoms. The van der Waals surface area contributed by atoms with E-state index in [0.717, 1.165) is 0 Å². The van der Waals surface area contributed by atoms with Crippen molar-refractivity contribution in [1.29, 1.82) is 0 Å². The number of carbonyl (C=O) groups is 2. The van der Waals surface area contributed by atoms with E-state index in [4.69, 9.17) is 0 Å². The van der Waals surface area contributed by atoms with E-state index in [-0.39, 0.29) is 18.9 Å². The molecule has 1 fully saturated rings. The monoisotopic (exact) mass is 374 g/mol. The predicted molar refractivity (Wildman–Crippen MR) is 89.1 cm³/mol. The first-order valence-electron chi connectivity index (χ1n) is 8.89. The van der Waals surface area contributed by atoms with Crippen molar-refractivity contribution in [2.24, 2.45) is 5.92 Å². The van der Waals surface area contributed by atoms with Crippen LogP contribution < -0.4 is 0 Å². The molecule has 0 N–H and O–H groups in total. The Morgan fingerprint density at radius 3 is 2.54 bits per heavy atom. The lowest BCUT2D eigenvalue weighted by atomic mass is 9.97. The standard InChI is InChI=1S/C17H25F3N4O2/c1-4-22-10-8-21-15(22)14-12(11-13(25)24(14)6-3)16(26)23(5-2)9-7-17(18,19)20/h8,10,12,14H,4-7,9,11H2,1-3H3/t12-,14-/m0/s1. The fourth-order valence-corrected chi connectivity index (χ4v) is 3.48. The van der Waals surface area contributed by atoms with Gasteiger partial charge in [0, 0.05) is 45.0 Å². The Hall–Kier alpha value is -2.06. The molecular weight excluding hydrogens is 349 g/mol. The SMILES string of the molecule is CCN(CCC(F)(F)F)C(=O)[C@H]1CC(=O)N(CC)[C@@H]1c1nccn1CC. The minimum absolute atomic E-state index is 0.00354. The number of nitrogens with zero attached hydrogens (tertiary/aromatic N) is 4. The number of carbonyl (C=O) groups excluding carboxylic acids is 2. The third kappa shape index (κ3) is 4.19. The van der Waals surface area contributed by atoms with Gasteiger partial charge in [0.25, 0.3) is 0 Å². The fraction of sp³-hybridized carbons (Fsp3) is 0.706. The second-order valence-corrected chi connectivity index (χ2v) is 6.29. The lowest BCUT2D eigenvalue weighted by Crippen LogP contribution is -2.41. The molecule has 0 spiro atoms. The molecule has 2 rings (SSSR count). The first kappa shape index (κ1) is 20.3. The Labute approximate surface area is 151 Å². The van der Waals surface area contributed by atoms with Gasteiger partial charge in [-0.3, -0.25) is 9.59 Å². The van der Waals surface area contributed by atoms with Gasteiger partial charge < -0.3 is 14.4 Å². The minimum atomic E-state index is -4.33. The molecule has 0 bridgehead atoms. The number of amides is 2. The van der Waals surface area contributed by atoms with Crippen LogP contribution in [0.15, 0.2) is 12.4 Å². The molecule has 146 valence electrons. The van der Waals surface area contributed by atoms with Crippen molar-refractivity contribution < 1.29 is 22.8 Å². The molecule has 2 heterocycles. The molecule has 1 aliphatic heterocycles. The maximum atomic E-state index is 12.9. The molecule has 2 atom stereocenters. The Balaban J connectivity index is 2.29. The van der Waals surface area contributed by atoms with Gasteiger partial charge in [0.2, 0.25) is 11.8 Å². The minimum Gasteiger partial charge on any atom is -0.342 e. The molecule has 1 saturated heterocycles. The topological polar surface area (TPSA) is 58.4 Å². The number of aromatic nitrogens is 2. The van der Waals surface area contributed by atoms with Crippen molar-refractivity contribution in [3.05, 3.63) is 18.2 Å². The van der Waals surface area contributed by atoms with E-state index in [2.05, 4.69) is 4.98 Å². The smallest absolute Gasteiger partial charge is 0.342 e. The van der Waals surface area contributed by atoms with Gasteiger partial charge in [-0.2, -0.15) is 13.2 Å². The average Bonchev–Trinajstić information content (AvgIpc) is 3.17. The number of rotatable bonds is 7. The number of likely N-dealkylation sites (tertiary alicyclic amines) is 1. The van der Waals surface area contributed by atoms with Crippen molar-refractivity contribution in [2.75, 3.05) is 19.6 Å². The molecule has 0 saturated carbocycles. The molecule has 9 heteroatoms. The van der Waals surface area contributed by atoms with Crippen LogP contribution in [0.25, 0.3) is 0 Å². The number of aryl methyl sites for hydroxylation is 1. The summed E-state index contributed by atoms with van der Waals surface area (Å²) in [5, 5.41) is 0. The molecule has 1 aliphatic rings. The summed E-state index contributed by atoms with van der Waals surface area (Å²) in [7, 11) is 0. The summed E-state index contributed by atoms with van der Waals surface area (Å²) in [5.74, 6) is -0.709. The summed E-state index contributed by atoms with van der Waals surface area (Å²) in [6.45, 7) is 6.20. The second-order valence-electron chi connectivity index (χ2n) is 6.29. The maximum absolute atomic E-state index is 12.9. The molecular formula is C17H25F3N4O2. The number of hydrogen-bond donors (Lipinski definition) is 0. The Morgan fingerprint density at radius 2 is 2.00 bits per heavy atom. The van der Waals surface area contributed by atoms with Gasteiger partial charge >= 0.3 is 6.18 Å². The zero-order valence-corrected chi connectivity index (χ0v) is 15.3. The molecule has 1 aromatic rings. The quantitative estimate of drug-likeness (QED) is 0.737. The third-order valence-corrected chi connectivity index (χ3v) is 4.80. The van der Waals surface area contributed by atoms with Crippen LogP contribution in [0.1, 0.15) is 45.5 Å². The highest BCUT2D eigenvalue weighted by molar-refractivity contribution is 5.90. The number of imidazole rings is 1. The van der Waals surface area contributed by atoms with Crippen molar-refractivity contribution >= 4 is 11.8 Å². The number of halogens is 3. The van der Waals surface area contributed by atoms with Gasteiger partial charge in [0.05, 0.1) is 12.3 Å². The highest BCUT2D eigenvalue weighted by Crippen LogP contribution is 2.38. The van der Waals surface area contributed by atoms with Crippen molar-refractivity contribution in [2.45, 2.75) is 52.4 Å². The lowest BCUT2D eigenvalue weighted by molar-refractivity contribution is -0.148. The van der Waals surface area contributed by atoms with E-state index in [1.54, 1.807) is 24.2 Å². The summed E-state index contributed by atoms with van der Waals surface area (Å²) in [5.41, 5.74) is 0. The molecule has 2 amide bonds. The number of alkyl halides is 3. The van der Waals surface area contributed by atoms with E-state index in [9.17, 15) is 22.8 Å². The highest BCUT2D eigenvalue weighted by Gasteiger charge is 2.47. The van der Waals surface area contributed by atoms with E-state index in [1.165, 1.54) is 4.90 Å². The number of hydrogen-bond acceptors (Lipinski definition) is 3. The van der Waals surface area contributed by atoms with Crippen molar-refractivity contribution in [3.63, 3.8) is 0 Å². The van der Waals surface area contributed by atoms with Crippen LogP contribution in [0.5, 0.6) is 0 Å². The van der Waals surface area contributed by atoms with Crippen LogP contribution in [-0.4, -0.2) is 57.0 Å². The van der Waals surface area contributed by atoms with Crippen molar-refractivity contribution in [1.82, 2.24) is 19.4 Å². The fourth-order valence-electron chi connectivity index (χ4n) is 3.48. The average molecular weight is 374 g/mol. The maximum Gasteiger partial charge on any atom is 0.390 e. The molecule has 0 unspecified atom stereocenters. The largest absolute Gasteiger partial charge is 0.390 e. The van der Waals surface area contributed by atoms with Gasteiger partial charge in [-0.1, -0.05) is 0 Å². The Kier molecular flexibility index (Phi) is 6.30. The second kappa shape index (κ2) is 8.09. The first-order chi connectivity index (χ1) is 12.2. The summed E-state index contributed by atoms with van der Waals surface area (Å²) in [6, 6.07) is -0.546. The molecule has 0 aliphatic carbocycles. The van der Waals surface area contributed by atoms with Gasteiger partial charge in [-0.15, -0.1) is 0 Å². The van der Waals surface area contributed by atoms with E-state index in [1.807, 2.05) is 18.4 Å². The summed E-state index contributed by atoms with van der Waals surface area (Å²) >= 11 is 0. The van der Waals surface area contributed by atoms with Gasteiger partial charge in [-0.25, -0.2) is 4.98 Å². The zero-order chi connectivity index (χ0) is 19.5. The van der Waals surface area contributed by atoms with Crippen LogP contribution in [0, 0.1) is 5.92 Å². The van der Waals surface area contributed by atoms with Crippen LogP contribution in [0.3, 0.4) is 0 Å². The predicted octanol–water partition coefficient (Wildman–Crippen LogP) is 2.61. The van der Waals surface area contributed by atoms with E-state index in [0.29, 0.717) is 18.9 Å².